The number of amides is 1. The molecule has 6 heteroatoms. The maximum Gasteiger partial charge on any atom is 0.238 e. The Labute approximate surface area is 139 Å². The lowest BCUT2D eigenvalue weighted by Gasteiger charge is -2.32. The molecule has 0 aromatic heterocycles. The number of carbonyl (C=O) groups is 1. The average Bonchev–Trinajstić information content (AvgIpc) is 2.53. The van der Waals surface area contributed by atoms with Crippen LogP contribution in [0.15, 0.2) is 30.3 Å². The highest BCUT2D eigenvalue weighted by Gasteiger charge is 2.27. The summed E-state index contributed by atoms with van der Waals surface area (Å²) in [6, 6.07) is 10.5. The molecule has 1 atom stereocenters. The van der Waals surface area contributed by atoms with Gasteiger partial charge in [-0.2, -0.15) is 0 Å². The summed E-state index contributed by atoms with van der Waals surface area (Å²) < 4.78 is 22.8. The van der Waals surface area contributed by atoms with Gasteiger partial charge in [0.2, 0.25) is 5.91 Å². The van der Waals surface area contributed by atoms with Crippen LogP contribution in [-0.4, -0.2) is 56.4 Å². The van der Waals surface area contributed by atoms with E-state index in [9.17, 15) is 13.2 Å². The van der Waals surface area contributed by atoms with Crippen molar-refractivity contribution in [1.82, 2.24) is 10.2 Å². The van der Waals surface area contributed by atoms with E-state index in [4.69, 9.17) is 0 Å². The zero-order valence-electron chi connectivity index (χ0n) is 13.9. The Morgan fingerprint density at radius 2 is 1.87 bits per heavy atom. The molecular formula is C17H26N2O3S. The summed E-state index contributed by atoms with van der Waals surface area (Å²) in [5, 5.41) is 1.90. The first kappa shape index (κ1) is 17.9. The number of benzene rings is 1. The number of carbonyl (C=O) groups excluding carboxylic acids is 1. The van der Waals surface area contributed by atoms with Gasteiger partial charge in [0.05, 0.1) is 0 Å². The molecule has 0 radical (unpaired) electrons. The normalized spacial score (nSPS) is 18.5. The van der Waals surface area contributed by atoms with Crippen molar-refractivity contribution >= 4 is 15.7 Å². The van der Waals surface area contributed by atoms with Crippen molar-refractivity contribution in [3.8, 4) is 0 Å². The first-order valence-electron chi connectivity index (χ1n) is 8.12. The molecule has 1 aliphatic rings. The molecule has 0 spiro atoms. The molecule has 128 valence electrons. The Morgan fingerprint density at radius 1 is 1.26 bits per heavy atom. The third-order valence-electron chi connectivity index (χ3n) is 4.50. The highest BCUT2D eigenvalue weighted by Crippen LogP contribution is 2.12. The summed E-state index contributed by atoms with van der Waals surface area (Å²) in [4.78, 5) is 14.3. The van der Waals surface area contributed by atoms with Crippen molar-refractivity contribution < 1.29 is 13.2 Å². The van der Waals surface area contributed by atoms with Gasteiger partial charge < -0.3 is 10.2 Å². The van der Waals surface area contributed by atoms with Crippen LogP contribution in [0, 0.1) is 0 Å². The second-order valence-corrected chi connectivity index (χ2v) is 8.70. The minimum atomic E-state index is -3.33. The van der Waals surface area contributed by atoms with E-state index in [0.29, 0.717) is 0 Å². The number of nitrogens with one attached hydrogen (secondary N) is 1. The molecule has 2 rings (SSSR count). The van der Waals surface area contributed by atoms with Gasteiger partial charge in [-0.25, -0.2) is 8.42 Å². The van der Waals surface area contributed by atoms with Crippen LogP contribution in [0.1, 0.15) is 25.3 Å². The second-order valence-electron chi connectivity index (χ2n) is 6.33. The molecule has 1 amide bonds. The summed E-state index contributed by atoms with van der Waals surface area (Å²) in [5.74, 6) is -0.379. The van der Waals surface area contributed by atoms with E-state index in [0.717, 1.165) is 45.2 Å². The second kappa shape index (κ2) is 7.93. The molecule has 1 aromatic rings. The van der Waals surface area contributed by atoms with Gasteiger partial charge >= 0.3 is 0 Å². The molecule has 0 saturated carbocycles. The van der Waals surface area contributed by atoms with E-state index in [2.05, 4.69) is 34.5 Å². The predicted octanol–water partition coefficient (Wildman–Crippen LogP) is 1.24. The van der Waals surface area contributed by atoms with Crippen molar-refractivity contribution in [1.29, 1.82) is 0 Å². The van der Waals surface area contributed by atoms with Crippen LogP contribution in [-0.2, 0) is 21.1 Å². The number of hydrogen-bond acceptors (Lipinski definition) is 4. The lowest BCUT2D eigenvalue weighted by atomic mass is 10.0. The molecule has 1 N–H and O–H groups in total. The summed E-state index contributed by atoms with van der Waals surface area (Å²) in [6.07, 6.45) is 3.88. The fourth-order valence-corrected chi connectivity index (χ4v) is 3.20. The summed E-state index contributed by atoms with van der Waals surface area (Å²) in [6.45, 7) is 4.33. The van der Waals surface area contributed by atoms with Crippen LogP contribution in [0.5, 0.6) is 0 Å². The Morgan fingerprint density at radius 3 is 2.43 bits per heavy atom. The van der Waals surface area contributed by atoms with E-state index >= 15 is 0 Å². The standard InChI is InChI=1S/C17H26N2O3S/c1-14(23(2,21)22)17(20)18-16-9-12-19(13-10-16)11-8-15-6-4-3-5-7-15/h3-7,14,16H,8-13H2,1-2H3,(H,18,20). The van der Waals surface area contributed by atoms with Gasteiger partial charge in [-0.1, -0.05) is 30.3 Å². The smallest absolute Gasteiger partial charge is 0.238 e. The maximum absolute atomic E-state index is 11.9. The van der Waals surface area contributed by atoms with E-state index in [-0.39, 0.29) is 11.9 Å². The zero-order chi connectivity index (χ0) is 16.9. The summed E-state index contributed by atoms with van der Waals surface area (Å²) in [5.41, 5.74) is 1.34. The number of nitrogens with zero attached hydrogens (tertiary/aromatic N) is 1. The zero-order valence-corrected chi connectivity index (χ0v) is 14.7. The molecule has 1 saturated heterocycles. The summed E-state index contributed by atoms with van der Waals surface area (Å²) in [7, 11) is -3.33. The van der Waals surface area contributed by atoms with Crippen LogP contribution >= 0.6 is 0 Å². The Kier molecular flexibility index (Phi) is 6.18. The van der Waals surface area contributed by atoms with Crippen molar-refractivity contribution in [3.05, 3.63) is 35.9 Å². The third kappa shape index (κ3) is 5.62. The third-order valence-corrected chi connectivity index (χ3v) is 6.00. The maximum atomic E-state index is 11.9. The molecule has 1 fully saturated rings. The van der Waals surface area contributed by atoms with Crippen LogP contribution in [0.3, 0.4) is 0 Å². The molecule has 1 aliphatic heterocycles. The van der Waals surface area contributed by atoms with Crippen molar-refractivity contribution in [3.63, 3.8) is 0 Å². The first-order chi connectivity index (χ1) is 10.9. The quantitative estimate of drug-likeness (QED) is 0.847. The van der Waals surface area contributed by atoms with Crippen LogP contribution in [0.25, 0.3) is 0 Å². The minimum absolute atomic E-state index is 0.0830. The SMILES string of the molecule is CC(C(=O)NC1CCN(CCc2ccccc2)CC1)S(C)(=O)=O. The van der Waals surface area contributed by atoms with Crippen LogP contribution < -0.4 is 5.32 Å². The Balaban J connectivity index is 1.73. The first-order valence-corrected chi connectivity index (χ1v) is 10.1. The largest absolute Gasteiger partial charge is 0.352 e. The van der Waals surface area contributed by atoms with Gasteiger partial charge in [0.1, 0.15) is 5.25 Å². The van der Waals surface area contributed by atoms with Gasteiger partial charge in [0.25, 0.3) is 0 Å². The van der Waals surface area contributed by atoms with Crippen molar-refractivity contribution in [2.24, 2.45) is 0 Å². The van der Waals surface area contributed by atoms with Gasteiger partial charge in [-0.05, 0) is 31.7 Å². The molecular weight excluding hydrogens is 312 g/mol. The molecule has 0 aliphatic carbocycles. The monoisotopic (exact) mass is 338 g/mol. The van der Waals surface area contributed by atoms with E-state index in [1.165, 1.54) is 12.5 Å². The van der Waals surface area contributed by atoms with Gasteiger partial charge in [-0.15, -0.1) is 0 Å². The number of piperidine rings is 1. The van der Waals surface area contributed by atoms with E-state index in [1.54, 1.807) is 0 Å². The number of rotatable bonds is 6. The average molecular weight is 338 g/mol. The highest BCUT2D eigenvalue weighted by molar-refractivity contribution is 7.92. The van der Waals surface area contributed by atoms with Gasteiger partial charge in [-0.3, -0.25) is 4.79 Å². The molecule has 1 aromatic carbocycles. The van der Waals surface area contributed by atoms with Crippen molar-refractivity contribution in [2.75, 3.05) is 25.9 Å². The minimum Gasteiger partial charge on any atom is -0.352 e. The van der Waals surface area contributed by atoms with Crippen LogP contribution in [0.4, 0.5) is 0 Å². The van der Waals surface area contributed by atoms with Crippen molar-refractivity contribution in [2.45, 2.75) is 37.5 Å². The number of sulfone groups is 1. The summed E-state index contributed by atoms with van der Waals surface area (Å²) >= 11 is 0. The molecule has 1 heterocycles. The molecule has 0 bridgehead atoms. The Bertz CT molecular complexity index is 608. The fourth-order valence-electron chi connectivity index (χ4n) is 2.75. The lowest BCUT2D eigenvalue weighted by Crippen LogP contribution is -2.48. The molecule has 1 unspecified atom stereocenters. The van der Waals surface area contributed by atoms with Crippen LogP contribution in [0.2, 0.25) is 0 Å². The lowest BCUT2D eigenvalue weighted by molar-refractivity contribution is -0.121. The van der Waals surface area contributed by atoms with Gasteiger partial charge in [0.15, 0.2) is 9.84 Å². The molecule has 5 nitrogen and oxygen atoms in total. The van der Waals surface area contributed by atoms with E-state index < -0.39 is 15.1 Å². The molecule has 23 heavy (non-hydrogen) atoms. The van der Waals surface area contributed by atoms with Gasteiger partial charge in [0, 0.05) is 31.9 Å². The number of hydrogen-bond donors (Lipinski definition) is 1. The number of likely N-dealkylation sites (tertiary alicyclic amines) is 1. The highest BCUT2D eigenvalue weighted by atomic mass is 32.2. The van der Waals surface area contributed by atoms with E-state index in [1.807, 2.05) is 6.07 Å². The predicted molar refractivity (Wildman–Crippen MR) is 92.1 cm³/mol. The fraction of sp³-hybridized carbons (Fsp3) is 0.588. The Hall–Kier alpha value is -1.40. The topological polar surface area (TPSA) is 66.5 Å².